The zero-order valence-corrected chi connectivity index (χ0v) is 18.2. The minimum atomic E-state index is -1.27. The van der Waals surface area contributed by atoms with Crippen LogP contribution in [0.3, 0.4) is 0 Å². The van der Waals surface area contributed by atoms with E-state index in [1.165, 1.54) is 36.3 Å². The third kappa shape index (κ3) is 5.22. The minimum Gasteiger partial charge on any atom is -0.497 e. The van der Waals surface area contributed by atoms with Gasteiger partial charge in [0.1, 0.15) is 5.75 Å². The SMILES string of the molecule is C=C(C)C(=O)Nc1ccc(Cl)c(NC(=O)C(C(=O)c2ccc(OC)cc2)n2cccn2)c1. The summed E-state index contributed by atoms with van der Waals surface area (Å²) in [6.45, 7) is 5.16. The predicted molar refractivity (Wildman–Crippen MR) is 122 cm³/mol. The molecule has 0 aliphatic rings. The van der Waals surface area contributed by atoms with Crippen LogP contribution >= 0.6 is 11.6 Å². The Morgan fingerprint density at radius 3 is 2.44 bits per heavy atom. The van der Waals surface area contributed by atoms with Crippen molar-refractivity contribution in [3.63, 3.8) is 0 Å². The van der Waals surface area contributed by atoms with Crippen molar-refractivity contribution in [2.75, 3.05) is 17.7 Å². The molecule has 0 aliphatic carbocycles. The molecule has 1 heterocycles. The molecule has 2 N–H and O–H groups in total. The lowest BCUT2D eigenvalue weighted by molar-refractivity contribution is -0.118. The maximum Gasteiger partial charge on any atom is 0.257 e. The molecule has 32 heavy (non-hydrogen) atoms. The lowest BCUT2D eigenvalue weighted by atomic mass is 10.0. The highest BCUT2D eigenvalue weighted by atomic mass is 35.5. The van der Waals surface area contributed by atoms with Gasteiger partial charge in [0, 0.05) is 29.2 Å². The number of nitrogens with one attached hydrogen (secondary N) is 2. The summed E-state index contributed by atoms with van der Waals surface area (Å²) in [5.41, 5.74) is 1.29. The fourth-order valence-corrected chi connectivity index (χ4v) is 3.01. The highest BCUT2D eigenvalue weighted by Gasteiger charge is 2.30. The molecule has 1 unspecified atom stereocenters. The van der Waals surface area contributed by atoms with Gasteiger partial charge in [-0.3, -0.25) is 19.1 Å². The van der Waals surface area contributed by atoms with Gasteiger partial charge in [-0.25, -0.2) is 0 Å². The van der Waals surface area contributed by atoms with Crippen LogP contribution in [0.2, 0.25) is 5.02 Å². The van der Waals surface area contributed by atoms with Crippen molar-refractivity contribution in [3.05, 3.63) is 83.7 Å². The second-order valence-electron chi connectivity index (χ2n) is 6.90. The number of anilines is 2. The maximum absolute atomic E-state index is 13.2. The van der Waals surface area contributed by atoms with Gasteiger partial charge in [0.2, 0.25) is 0 Å². The molecule has 3 rings (SSSR count). The van der Waals surface area contributed by atoms with Gasteiger partial charge in [-0.15, -0.1) is 0 Å². The third-order valence-electron chi connectivity index (χ3n) is 4.53. The Morgan fingerprint density at radius 1 is 1.12 bits per heavy atom. The van der Waals surface area contributed by atoms with Gasteiger partial charge in [-0.1, -0.05) is 18.2 Å². The molecule has 0 bridgehead atoms. The summed E-state index contributed by atoms with van der Waals surface area (Å²) in [6, 6.07) is 11.4. The molecule has 0 saturated heterocycles. The fraction of sp³-hybridized carbons (Fsp3) is 0.130. The van der Waals surface area contributed by atoms with Gasteiger partial charge < -0.3 is 15.4 Å². The highest BCUT2D eigenvalue weighted by molar-refractivity contribution is 6.34. The Balaban J connectivity index is 1.88. The molecule has 9 heteroatoms. The first-order valence-corrected chi connectivity index (χ1v) is 9.92. The van der Waals surface area contributed by atoms with Crippen molar-refractivity contribution in [1.82, 2.24) is 9.78 Å². The summed E-state index contributed by atoms with van der Waals surface area (Å²) in [5.74, 6) is -0.882. The van der Waals surface area contributed by atoms with E-state index in [0.29, 0.717) is 22.6 Å². The van der Waals surface area contributed by atoms with Gasteiger partial charge in [-0.2, -0.15) is 5.10 Å². The number of halogens is 1. The van der Waals surface area contributed by atoms with Crippen LogP contribution in [0.1, 0.15) is 23.3 Å². The van der Waals surface area contributed by atoms with E-state index in [4.69, 9.17) is 16.3 Å². The van der Waals surface area contributed by atoms with E-state index in [-0.39, 0.29) is 16.6 Å². The molecular formula is C23H21ClN4O4. The zero-order valence-electron chi connectivity index (χ0n) is 17.5. The molecule has 0 spiro atoms. The molecular weight excluding hydrogens is 432 g/mol. The van der Waals surface area contributed by atoms with E-state index in [0.717, 1.165) is 0 Å². The number of amides is 2. The Morgan fingerprint density at radius 2 is 1.84 bits per heavy atom. The summed E-state index contributed by atoms with van der Waals surface area (Å²) in [7, 11) is 1.52. The number of nitrogens with zero attached hydrogens (tertiary/aromatic N) is 2. The average Bonchev–Trinajstić information content (AvgIpc) is 3.30. The summed E-state index contributed by atoms with van der Waals surface area (Å²) < 4.78 is 6.38. The molecule has 1 atom stereocenters. The monoisotopic (exact) mass is 452 g/mol. The van der Waals surface area contributed by atoms with Crippen LogP contribution in [0.4, 0.5) is 11.4 Å². The Hall–Kier alpha value is -3.91. The number of carbonyl (C=O) groups is 3. The first-order valence-electron chi connectivity index (χ1n) is 9.55. The van der Waals surface area contributed by atoms with E-state index >= 15 is 0 Å². The van der Waals surface area contributed by atoms with E-state index in [9.17, 15) is 14.4 Å². The number of hydrogen-bond donors (Lipinski definition) is 2. The predicted octanol–water partition coefficient (Wildman–Crippen LogP) is 4.12. The van der Waals surface area contributed by atoms with E-state index in [2.05, 4.69) is 22.3 Å². The number of aromatic nitrogens is 2. The maximum atomic E-state index is 13.2. The van der Waals surface area contributed by atoms with Gasteiger partial charge in [0.25, 0.3) is 11.8 Å². The molecule has 0 radical (unpaired) electrons. The third-order valence-corrected chi connectivity index (χ3v) is 4.86. The number of carbonyl (C=O) groups excluding carboxylic acids is 3. The van der Waals surface area contributed by atoms with Crippen LogP contribution in [-0.4, -0.2) is 34.5 Å². The van der Waals surface area contributed by atoms with Crippen LogP contribution in [0.15, 0.2) is 73.1 Å². The number of hydrogen-bond acceptors (Lipinski definition) is 5. The number of methoxy groups -OCH3 is 1. The Labute approximate surface area is 189 Å². The largest absolute Gasteiger partial charge is 0.497 e. The van der Waals surface area contributed by atoms with Crippen LogP contribution in [0.25, 0.3) is 0 Å². The normalized spacial score (nSPS) is 11.3. The van der Waals surface area contributed by atoms with Crippen molar-refractivity contribution in [2.24, 2.45) is 0 Å². The smallest absolute Gasteiger partial charge is 0.257 e. The quantitative estimate of drug-likeness (QED) is 0.304. The summed E-state index contributed by atoms with van der Waals surface area (Å²) in [6.07, 6.45) is 3.00. The van der Waals surface area contributed by atoms with Gasteiger partial charge in [-0.05, 0) is 55.5 Å². The summed E-state index contributed by atoms with van der Waals surface area (Å²) >= 11 is 6.23. The highest BCUT2D eigenvalue weighted by Crippen LogP contribution is 2.27. The molecule has 2 aromatic carbocycles. The molecule has 0 saturated carbocycles. The lowest BCUT2D eigenvalue weighted by Gasteiger charge is -2.18. The zero-order chi connectivity index (χ0) is 23.3. The van der Waals surface area contributed by atoms with E-state index in [1.54, 1.807) is 43.3 Å². The molecule has 3 aromatic rings. The summed E-state index contributed by atoms with van der Waals surface area (Å²) in [5, 5.41) is 9.63. The number of ether oxygens (including phenoxy) is 1. The van der Waals surface area contributed by atoms with Gasteiger partial charge in [0.15, 0.2) is 11.8 Å². The van der Waals surface area contributed by atoms with Crippen LogP contribution in [0.5, 0.6) is 5.75 Å². The van der Waals surface area contributed by atoms with Crippen molar-refractivity contribution in [3.8, 4) is 5.75 Å². The van der Waals surface area contributed by atoms with Crippen molar-refractivity contribution in [2.45, 2.75) is 13.0 Å². The van der Waals surface area contributed by atoms with Crippen molar-refractivity contribution >= 4 is 40.6 Å². The molecule has 1 aromatic heterocycles. The first-order chi connectivity index (χ1) is 15.3. The number of benzene rings is 2. The van der Waals surface area contributed by atoms with Crippen molar-refractivity contribution in [1.29, 1.82) is 0 Å². The lowest BCUT2D eigenvalue weighted by Crippen LogP contribution is -2.33. The second-order valence-corrected chi connectivity index (χ2v) is 7.31. The van der Waals surface area contributed by atoms with Crippen LogP contribution in [-0.2, 0) is 9.59 Å². The minimum absolute atomic E-state index is 0.232. The Bertz CT molecular complexity index is 1160. The second kappa shape index (κ2) is 9.93. The van der Waals surface area contributed by atoms with Gasteiger partial charge in [0.05, 0.1) is 17.8 Å². The number of ketones is 1. The van der Waals surface area contributed by atoms with Gasteiger partial charge >= 0.3 is 0 Å². The fourth-order valence-electron chi connectivity index (χ4n) is 2.84. The van der Waals surface area contributed by atoms with E-state index in [1.807, 2.05) is 0 Å². The average molecular weight is 453 g/mol. The van der Waals surface area contributed by atoms with Crippen LogP contribution < -0.4 is 15.4 Å². The molecule has 8 nitrogen and oxygen atoms in total. The topological polar surface area (TPSA) is 102 Å². The first kappa shape index (κ1) is 22.8. The summed E-state index contributed by atoms with van der Waals surface area (Å²) in [4.78, 5) is 38.2. The Kier molecular flexibility index (Phi) is 7.07. The van der Waals surface area contributed by atoms with Crippen LogP contribution in [0, 0.1) is 0 Å². The number of Topliss-reactive ketones (excluding diaryl/α,β-unsaturated/α-hetero) is 1. The number of rotatable bonds is 8. The molecule has 0 fully saturated rings. The van der Waals surface area contributed by atoms with Crippen molar-refractivity contribution < 1.29 is 19.1 Å². The van der Waals surface area contributed by atoms with E-state index < -0.39 is 17.7 Å². The molecule has 2 amide bonds. The standard InChI is InChI=1S/C23H21ClN4O4/c1-14(2)22(30)26-16-7-10-18(24)19(13-16)27-23(31)20(28-12-4-11-25-28)21(29)15-5-8-17(32-3)9-6-15/h4-13,20H,1H2,2-3H3,(H,26,30)(H,27,31). The molecule has 0 aliphatic heterocycles. The molecule has 164 valence electrons.